The molecule has 0 aromatic heterocycles. The molecule has 1 N–H and O–H groups in total. The lowest BCUT2D eigenvalue weighted by molar-refractivity contribution is 0.281. The zero-order valence-corrected chi connectivity index (χ0v) is 4.63. The maximum Gasteiger partial charge on any atom is 0.123 e. The minimum absolute atomic E-state index is 0.0718. The van der Waals surface area contributed by atoms with E-state index >= 15 is 0 Å². The van der Waals surface area contributed by atoms with Gasteiger partial charge in [0.05, 0.1) is 9.30 Å². The molecular weight excluding hydrogens is 119 g/mol. The van der Waals surface area contributed by atoms with E-state index in [-0.39, 0.29) is 5.56 Å². The highest BCUT2D eigenvalue weighted by Gasteiger charge is 1.89. The van der Waals surface area contributed by atoms with Crippen LogP contribution in [0, 0.1) is 5.82 Å². The summed E-state index contributed by atoms with van der Waals surface area (Å²) in [5.74, 6) is -0.555. The molecule has 9 heavy (non-hydrogen) atoms. The van der Waals surface area contributed by atoms with Crippen LogP contribution in [0.4, 0.5) is 4.39 Å². The second-order valence-electron chi connectivity index (χ2n) is 1.62. The van der Waals surface area contributed by atoms with E-state index in [1.165, 1.54) is 18.2 Å². The Morgan fingerprint density at radius 2 is 2.44 bits per heavy atom. The van der Waals surface area contributed by atoms with Crippen LogP contribution in [0.5, 0.6) is 0 Å². The van der Waals surface area contributed by atoms with Gasteiger partial charge in [0.25, 0.3) is 0 Å². The molecule has 0 aliphatic carbocycles. The van der Waals surface area contributed by atoms with Gasteiger partial charge in [0.15, 0.2) is 0 Å². The van der Waals surface area contributed by atoms with Gasteiger partial charge in [-0.1, -0.05) is 12.1 Å². The Labute approximate surface area is 55.6 Å². The van der Waals surface area contributed by atoms with Crippen LogP contribution < -0.4 is 0 Å². The second-order valence-corrected chi connectivity index (χ2v) is 1.62. The van der Waals surface area contributed by atoms with E-state index in [9.17, 15) is 4.39 Å². The maximum absolute atomic E-state index is 12.4. The SMILES string of the molecule is [2H]C([2H])(O)c1cccc(F)c1. The van der Waals surface area contributed by atoms with Crippen molar-refractivity contribution in [1.29, 1.82) is 0 Å². The molecule has 0 heterocycles. The van der Waals surface area contributed by atoms with Crippen LogP contribution in [0.1, 0.15) is 8.30 Å². The van der Waals surface area contributed by atoms with Gasteiger partial charge in [0.1, 0.15) is 5.82 Å². The fourth-order valence-corrected chi connectivity index (χ4v) is 0.558. The molecule has 48 valence electrons. The highest BCUT2D eigenvalue weighted by molar-refractivity contribution is 5.14. The monoisotopic (exact) mass is 128 g/mol. The summed E-state index contributed by atoms with van der Waals surface area (Å²) in [7, 11) is 0. The molecule has 1 rings (SSSR count). The van der Waals surface area contributed by atoms with Crippen LogP contribution in [-0.2, 0) is 6.56 Å². The lowest BCUT2D eigenvalue weighted by Crippen LogP contribution is -1.82. The summed E-state index contributed by atoms with van der Waals surface area (Å²) < 4.78 is 26.1. The van der Waals surface area contributed by atoms with Crippen molar-refractivity contribution in [3.8, 4) is 0 Å². The van der Waals surface area contributed by atoms with Gasteiger partial charge in [-0.15, -0.1) is 0 Å². The lowest BCUT2D eigenvalue weighted by Gasteiger charge is -1.92. The van der Waals surface area contributed by atoms with E-state index in [1.54, 1.807) is 0 Å². The Morgan fingerprint density at radius 1 is 1.67 bits per heavy atom. The standard InChI is InChI=1S/C7H7FO/c8-7-3-1-2-6(4-7)5-9/h1-4,9H,5H2/i5D2. The minimum Gasteiger partial charge on any atom is -0.392 e. The van der Waals surface area contributed by atoms with Crippen molar-refractivity contribution in [2.45, 2.75) is 6.56 Å². The molecule has 1 nitrogen and oxygen atoms in total. The molecule has 0 bridgehead atoms. The number of benzene rings is 1. The molecule has 0 amide bonds. The predicted molar refractivity (Wildman–Crippen MR) is 32.3 cm³/mol. The summed E-state index contributed by atoms with van der Waals surface area (Å²) >= 11 is 0. The van der Waals surface area contributed by atoms with Crippen molar-refractivity contribution in [3.05, 3.63) is 35.6 Å². The molecule has 1 aromatic carbocycles. The number of halogens is 1. The molecule has 0 radical (unpaired) electrons. The van der Waals surface area contributed by atoms with Crippen molar-refractivity contribution in [1.82, 2.24) is 0 Å². The number of aliphatic hydroxyl groups is 1. The largest absolute Gasteiger partial charge is 0.392 e. The summed E-state index contributed by atoms with van der Waals surface area (Å²) in [6, 6.07) is 4.82. The molecule has 0 spiro atoms. The van der Waals surface area contributed by atoms with Crippen LogP contribution in [0.3, 0.4) is 0 Å². The molecule has 0 saturated heterocycles. The first-order valence-electron chi connectivity index (χ1n) is 3.48. The van der Waals surface area contributed by atoms with E-state index in [2.05, 4.69) is 0 Å². The van der Waals surface area contributed by atoms with Gasteiger partial charge in [-0.05, 0) is 17.7 Å². The molecule has 0 unspecified atom stereocenters. The highest BCUT2D eigenvalue weighted by Crippen LogP contribution is 2.01. The summed E-state index contributed by atoms with van der Waals surface area (Å²) in [5, 5.41) is 8.78. The first kappa shape index (κ1) is 4.01. The third-order valence-corrected chi connectivity index (χ3v) is 0.954. The number of hydrogen-bond donors (Lipinski definition) is 1. The fraction of sp³-hybridized carbons (Fsp3) is 0.143. The van der Waals surface area contributed by atoms with E-state index < -0.39 is 12.4 Å². The summed E-state index contributed by atoms with van der Waals surface area (Å²) in [5.41, 5.74) is -0.0718. The van der Waals surface area contributed by atoms with Gasteiger partial charge in [0, 0.05) is 0 Å². The van der Waals surface area contributed by atoms with Crippen molar-refractivity contribution in [3.63, 3.8) is 0 Å². The Bertz CT molecular complexity index is 257. The topological polar surface area (TPSA) is 20.2 Å². The van der Waals surface area contributed by atoms with Crippen LogP contribution in [-0.4, -0.2) is 5.11 Å². The quantitative estimate of drug-likeness (QED) is 0.604. The van der Waals surface area contributed by atoms with Gasteiger partial charge in [-0.2, -0.15) is 0 Å². The minimum atomic E-state index is -2.46. The van der Waals surface area contributed by atoms with Gasteiger partial charge < -0.3 is 5.11 Å². The van der Waals surface area contributed by atoms with Crippen molar-refractivity contribution < 1.29 is 12.2 Å². The van der Waals surface area contributed by atoms with Crippen LogP contribution in [0.15, 0.2) is 24.3 Å². The summed E-state index contributed by atoms with van der Waals surface area (Å²) in [4.78, 5) is 0. The molecule has 0 aliphatic heterocycles. The van der Waals surface area contributed by atoms with E-state index in [1.807, 2.05) is 0 Å². The molecule has 0 aliphatic rings. The third kappa shape index (κ3) is 1.50. The normalized spacial score (nSPS) is 14.4. The molecule has 0 atom stereocenters. The fourth-order valence-electron chi connectivity index (χ4n) is 0.558. The van der Waals surface area contributed by atoms with E-state index in [0.717, 1.165) is 6.07 Å². The number of hydrogen-bond acceptors (Lipinski definition) is 1. The first-order chi connectivity index (χ1) is 5.00. The van der Waals surface area contributed by atoms with Gasteiger partial charge >= 0.3 is 0 Å². The van der Waals surface area contributed by atoms with Crippen LogP contribution in [0.25, 0.3) is 0 Å². The number of rotatable bonds is 1. The molecular formula is C7H7FO. The highest BCUT2D eigenvalue weighted by atomic mass is 19.1. The van der Waals surface area contributed by atoms with Crippen molar-refractivity contribution >= 4 is 0 Å². The van der Waals surface area contributed by atoms with E-state index in [0.29, 0.717) is 0 Å². The maximum atomic E-state index is 12.4. The Balaban J connectivity index is 3.06. The molecule has 1 aromatic rings. The Kier molecular flexibility index (Phi) is 1.16. The summed E-state index contributed by atoms with van der Waals surface area (Å²) in [6.07, 6.45) is 0. The zero-order valence-electron chi connectivity index (χ0n) is 6.63. The molecule has 0 fully saturated rings. The Morgan fingerprint density at radius 3 is 2.89 bits per heavy atom. The average Bonchev–Trinajstić information content (AvgIpc) is 1.86. The second kappa shape index (κ2) is 2.60. The zero-order chi connectivity index (χ0) is 8.48. The van der Waals surface area contributed by atoms with Gasteiger partial charge in [-0.3, -0.25) is 0 Å². The summed E-state index contributed by atoms with van der Waals surface area (Å²) in [6.45, 7) is -2.46. The van der Waals surface area contributed by atoms with Crippen LogP contribution >= 0.6 is 0 Å². The van der Waals surface area contributed by atoms with Gasteiger partial charge in [0.2, 0.25) is 0 Å². The first-order valence-corrected chi connectivity index (χ1v) is 2.48. The molecule has 0 saturated carbocycles. The Hall–Kier alpha value is -0.890. The third-order valence-electron chi connectivity index (χ3n) is 0.954. The average molecular weight is 128 g/mol. The molecule has 2 heteroatoms. The smallest absolute Gasteiger partial charge is 0.123 e. The lowest BCUT2D eigenvalue weighted by atomic mass is 10.2. The van der Waals surface area contributed by atoms with Crippen LogP contribution in [0.2, 0.25) is 0 Å². The van der Waals surface area contributed by atoms with E-state index in [4.69, 9.17) is 7.85 Å². The van der Waals surface area contributed by atoms with Crippen molar-refractivity contribution in [2.75, 3.05) is 0 Å². The predicted octanol–water partition coefficient (Wildman–Crippen LogP) is 1.32. The van der Waals surface area contributed by atoms with Crippen molar-refractivity contribution in [2.24, 2.45) is 0 Å². The van der Waals surface area contributed by atoms with Gasteiger partial charge in [-0.25, -0.2) is 4.39 Å².